The summed E-state index contributed by atoms with van der Waals surface area (Å²) in [5.74, 6) is 0.879. The first-order chi connectivity index (χ1) is 11.5. The van der Waals surface area contributed by atoms with Gasteiger partial charge in [0.2, 0.25) is 0 Å². The van der Waals surface area contributed by atoms with E-state index in [-0.39, 0.29) is 10.6 Å². The minimum atomic E-state index is -0.373. The van der Waals surface area contributed by atoms with Crippen LogP contribution in [-0.4, -0.2) is 32.7 Å². The molecule has 1 atom stereocenters. The number of methoxy groups -OCH3 is 2. The van der Waals surface area contributed by atoms with Gasteiger partial charge in [-0.1, -0.05) is 30.3 Å². The summed E-state index contributed by atoms with van der Waals surface area (Å²) in [6.07, 6.45) is 0.924. The van der Waals surface area contributed by atoms with Gasteiger partial charge in [0.15, 0.2) is 11.5 Å². The fraction of sp³-hybridized carbons (Fsp3) is 0.333. The fourth-order valence-corrected chi connectivity index (χ4v) is 2.64. The fourth-order valence-electron chi connectivity index (χ4n) is 2.64. The van der Waals surface area contributed by atoms with E-state index in [0.29, 0.717) is 23.6 Å². The highest BCUT2D eigenvalue weighted by molar-refractivity contribution is 5.54. The predicted octanol–water partition coefficient (Wildman–Crippen LogP) is 1.87. The van der Waals surface area contributed by atoms with Crippen LogP contribution in [0.4, 0.5) is 5.69 Å². The Hall–Kier alpha value is -2.60. The second-order valence-corrected chi connectivity index (χ2v) is 5.71. The third-order valence-corrected chi connectivity index (χ3v) is 3.96. The average Bonchev–Trinajstić information content (AvgIpc) is 2.60. The summed E-state index contributed by atoms with van der Waals surface area (Å²) in [4.78, 5) is 12.2. The lowest BCUT2D eigenvalue weighted by atomic mass is 10.1. The molecule has 0 spiro atoms. The molecule has 2 rings (SSSR count). The van der Waals surface area contributed by atoms with Gasteiger partial charge < -0.3 is 14.4 Å². The van der Waals surface area contributed by atoms with E-state index in [2.05, 4.69) is 12.1 Å². The smallest absolute Gasteiger partial charge is 0.282 e. The van der Waals surface area contributed by atoms with Crippen LogP contribution >= 0.6 is 0 Å². The molecule has 0 amide bonds. The van der Waals surface area contributed by atoms with E-state index < -0.39 is 0 Å². The number of likely N-dealkylation sites (N-methyl/N-ethyl adjacent to an activating group) is 1. The molecule has 0 bridgehead atoms. The summed E-state index contributed by atoms with van der Waals surface area (Å²) in [6, 6.07) is 13.3. The van der Waals surface area contributed by atoms with Crippen molar-refractivity contribution in [2.24, 2.45) is 0 Å². The molecule has 0 fully saturated rings. The number of nitro benzene ring substituents is 1. The number of nitro groups is 1. The number of nitrogens with one attached hydrogen (secondary N) is 1. The molecule has 0 aliphatic carbocycles. The number of quaternary nitrogens is 1. The molecule has 2 aromatic rings. The third-order valence-electron chi connectivity index (χ3n) is 3.96. The van der Waals surface area contributed by atoms with E-state index in [9.17, 15) is 10.1 Å². The number of hydrogen-bond acceptors (Lipinski definition) is 4. The summed E-state index contributed by atoms with van der Waals surface area (Å²) >= 11 is 0. The molecule has 1 unspecified atom stereocenters. The Morgan fingerprint density at radius 3 is 2.29 bits per heavy atom. The molecule has 128 valence electrons. The highest BCUT2D eigenvalue weighted by atomic mass is 16.6. The normalized spacial score (nSPS) is 11.8. The van der Waals surface area contributed by atoms with E-state index in [1.54, 1.807) is 6.07 Å². The molecule has 0 aliphatic heterocycles. The van der Waals surface area contributed by atoms with Crippen LogP contribution in [0.15, 0.2) is 42.5 Å². The van der Waals surface area contributed by atoms with Crippen LogP contribution in [-0.2, 0) is 13.0 Å². The summed E-state index contributed by atoms with van der Waals surface area (Å²) in [5.41, 5.74) is 1.97. The Kier molecular flexibility index (Phi) is 6.14. The van der Waals surface area contributed by atoms with Crippen LogP contribution in [0.5, 0.6) is 11.5 Å². The highest BCUT2D eigenvalue weighted by Gasteiger charge is 2.22. The van der Waals surface area contributed by atoms with Crippen molar-refractivity contribution in [1.29, 1.82) is 0 Å². The molecule has 24 heavy (non-hydrogen) atoms. The number of hydrogen-bond donors (Lipinski definition) is 1. The van der Waals surface area contributed by atoms with Crippen LogP contribution in [0.1, 0.15) is 11.1 Å². The molecule has 0 heterocycles. The van der Waals surface area contributed by atoms with Gasteiger partial charge in [-0.2, -0.15) is 0 Å². The molecule has 2 aromatic carbocycles. The third kappa shape index (κ3) is 4.45. The van der Waals surface area contributed by atoms with Crippen LogP contribution in [0.2, 0.25) is 0 Å². The molecule has 0 saturated carbocycles. The second kappa shape index (κ2) is 8.31. The molecule has 0 radical (unpaired) electrons. The Morgan fingerprint density at radius 1 is 1.08 bits per heavy atom. The maximum absolute atomic E-state index is 11.4. The van der Waals surface area contributed by atoms with E-state index in [0.717, 1.165) is 13.0 Å². The van der Waals surface area contributed by atoms with Crippen LogP contribution < -0.4 is 14.4 Å². The van der Waals surface area contributed by atoms with Gasteiger partial charge in [0, 0.05) is 6.42 Å². The molecule has 0 aliphatic rings. The first-order valence-electron chi connectivity index (χ1n) is 7.79. The first-order valence-corrected chi connectivity index (χ1v) is 7.79. The van der Waals surface area contributed by atoms with Crippen molar-refractivity contribution in [2.45, 2.75) is 13.0 Å². The number of nitrogens with zero attached hydrogens (tertiary/aromatic N) is 1. The van der Waals surface area contributed by atoms with Crippen molar-refractivity contribution in [3.05, 3.63) is 63.7 Å². The van der Waals surface area contributed by atoms with Crippen molar-refractivity contribution in [3.8, 4) is 11.5 Å². The summed E-state index contributed by atoms with van der Waals surface area (Å²) < 4.78 is 10.4. The van der Waals surface area contributed by atoms with Gasteiger partial charge in [0.25, 0.3) is 5.69 Å². The molecule has 6 nitrogen and oxygen atoms in total. The standard InChI is InChI=1S/C18H22N2O4/c1-19(10-9-14-7-5-4-6-8-14)13-15-11-17(23-2)18(24-3)12-16(15)20(21)22/h4-8,11-12H,9-10,13H2,1-3H3/p+1. The average molecular weight is 331 g/mol. The molecule has 0 saturated heterocycles. The number of ether oxygens (including phenoxy) is 2. The zero-order valence-electron chi connectivity index (χ0n) is 14.2. The maximum atomic E-state index is 11.4. The largest absolute Gasteiger partial charge is 0.493 e. The lowest BCUT2D eigenvalue weighted by Crippen LogP contribution is -3.07. The van der Waals surface area contributed by atoms with Gasteiger partial charge in [0.1, 0.15) is 6.54 Å². The zero-order chi connectivity index (χ0) is 17.5. The molecular formula is C18H23N2O4+. The van der Waals surface area contributed by atoms with Crippen LogP contribution in [0.3, 0.4) is 0 Å². The SMILES string of the molecule is COc1cc(C[NH+](C)CCc2ccccc2)c([N+](=O)[O-])cc1OC. The van der Waals surface area contributed by atoms with Crippen LogP contribution in [0, 0.1) is 10.1 Å². The molecule has 6 heteroatoms. The van der Waals surface area contributed by atoms with Crippen molar-refractivity contribution in [3.63, 3.8) is 0 Å². The van der Waals surface area contributed by atoms with Crippen LogP contribution in [0.25, 0.3) is 0 Å². The van der Waals surface area contributed by atoms with Crippen molar-refractivity contribution >= 4 is 5.69 Å². The lowest BCUT2D eigenvalue weighted by Gasteiger charge is -2.16. The Labute approximate surface area is 141 Å². The Morgan fingerprint density at radius 2 is 1.71 bits per heavy atom. The topological polar surface area (TPSA) is 66.0 Å². The Bertz CT molecular complexity index is 689. The monoisotopic (exact) mass is 331 g/mol. The van der Waals surface area contributed by atoms with Crippen molar-refractivity contribution in [2.75, 3.05) is 27.8 Å². The van der Waals surface area contributed by atoms with Gasteiger partial charge in [-0.3, -0.25) is 10.1 Å². The predicted molar refractivity (Wildman–Crippen MR) is 91.8 cm³/mol. The van der Waals surface area contributed by atoms with Gasteiger partial charge in [-0.25, -0.2) is 0 Å². The zero-order valence-corrected chi connectivity index (χ0v) is 14.2. The number of rotatable bonds is 8. The molecule has 1 N–H and O–H groups in total. The van der Waals surface area contributed by atoms with Gasteiger partial charge >= 0.3 is 0 Å². The number of benzene rings is 2. The van der Waals surface area contributed by atoms with Gasteiger partial charge in [-0.15, -0.1) is 0 Å². The Balaban J connectivity index is 2.13. The molecular weight excluding hydrogens is 308 g/mol. The minimum Gasteiger partial charge on any atom is -0.493 e. The van der Waals surface area contributed by atoms with Gasteiger partial charge in [0.05, 0.1) is 44.4 Å². The van der Waals surface area contributed by atoms with E-state index in [1.807, 2.05) is 25.2 Å². The van der Waals surface area contributed by atoms with E-state index >= 15 is 0 Å². The quantitative estimate of drug-likeness (QED) is 0.592. The second-order valence-electron chi connectivity index (χ2n) is 5.71. The summed E-state index contributed by atoms with van der Waals surface area (Å²) in [7, 11) is 5.03. The summed E-state index contributed by atoms with van der Waals surface area (Å²) in [6.45, 7) is 1.43. The summed E-state index contributed by atoms with van der Waals surface area (Å²) in [5, 5.41) is 11.4. The van der Waals surface area contributed by atoms with Gasteiger partial charge in [-0.05, 0) is 11.6 Å². The van der Waals surface area contributed by atoms with E-state index in [1.165, 1.54) is 30.7 Å². The van der Waals surface area contributed by atoms with Crippen molar-refractivity contribution in [1.82, 2.24) is 0 Å². The van der Waals surface area contributed by atoms with E-state index in [4.69, 9.17) is 9.47 Å². The molecule has 0 aromatic heterocycles. The lowest BCUT2D eigenvalue weighted by molar-refractivity contribution is -0.893. The maximum Gasteiger partial charge on any atom is 0.282 e. The highest BCUT2D eigenvalue weighted by Crippen LogP contribution is 2.34. The van der Waals surface area contributed by atoms with Crippen molar-refractivity contribution < 1.29 is 19.3 Å². The first kappa shape index (κ1) is 17.7. The minimum absolute atomic E-state index is 0.0618.